The lowest BCUT2D eigenvalue weighted by molar-refractivity contribution is -0.112. The van der Waals surface area contributed by atoms with Gasteiger partial charge >= 0.3 is 0 Å². The average Bonchev–Trinajstić information content (AvgIpc) is 2.57. The summed E-state index contributed by atoms with van der Waals surface area (Å²) in [5, 5.41) is 15.1. The van der Waals surface area contributed by atoms with Crippen molar-refractivity contribution in [2.45, 2.75) is 26.7 Å². The monoisotopic (exact) mass is 319 g/mol. The highest BCUT2D eigenvalue weighted by atomic mass is 16.1. The third-order valence-corrected chi connectivity index (χ3v) is 3.71. The highest BCUT2D eigenvalue weighted by Crippen LogP contribution is 2.24. The van der Waals surface area contributed by atoms with E-state index in [1.165, 1.54) is 6.20 Å². The fraction of sp³-hybridized carbons (Fsp3) is 0.200. The molecule has 0 aromatic heterocycles. The number of para-hydroxylation sites is 2. The summed E-state index contributed by atoms with van der Waals surface area (Å²) in [5.74, 6) is -0.146. The minimum Gasteiger partial charge on any atom is -0.360 e. The van der Waals surface area contributed by atoms with Crippen LogP contribution >= 0.6 is 0 Å². The third-order valence-electron chi connectivity index (χ3n) is 3.71. The van der Waals surface area contributed by atoms with Crippen LogP contribution in [0.3, 0.4) is 0 Å². The van der Waals surface area contributed by atoms with Gasteiger partial charge in [-0.2, -0.15) is 5.26 Å². The zero-order chi connectivity index (χ0) is 17.5. The maximum atomic E-state index is 12.4. The van der Waals surface area contributed by atoms with Crippen LogP contribution in [0.25, 0.3) is 0 Å². The van der Waals surface area contributed by atoms with Crippen molar-refractivity contribution < 1.29 is 4.79 Å². The first-order chi connectivity index (χ1) is 11.5. The Morgan fingerprint density at radius 3 is 2.33 bits per heavy atom. The number of nitriles is 1. The Hall–Kier alpha value is -3.06. The number of carbonyl (C=O) groups is 1. The van der Waals surface area contributed by atoms with Crippen molar-refractivity contribution in [3.63, 3.8) is 0 Å². The van der Waals surface area contributed by atoms with Gasteiger partial charge in [0.1, 0.15) is 11.6 Å². The SMILES string of the molecule is Cc1ccccc1N/C=C(/C#N)C(=O)Nc1ccccc1C(C)C. The fourth-order valence-electron chi connectivity index (χ4n) is 2.34. The lowest BCUT2D eigenvalue weighted by atomic mass is 10.0. The Morgan fingerprint density at radius 2 is 1.71 bits per heavy atom. The highest BCUT2D eigenvalue weighted by molar-refractivity contribution is 6.07. The van der Waals surface area contributed by atoms with Gasteiger partial charge in [0.05, 0.1) is 0 Å². The van der Waals surface area contributed by atoms with Crippen LogP contribution in [0.2, 0.25) is 0 Å². The largest absolute Gasteiger partial charge is 0.360 e. The van der Waals surface area contributed by atoms with E-state index in [0.717, 1.165) is 22.5 Å². The predicted octanol–water partition coefficient (Wildman–Crippen LogP) is 4.58. The molecular weight excluding hydrogens is 298 g/mol. The summed E-state index contributed by atoms with van der Waals surface area (Å²) < 4.78 is 0. The smallest absolute Gasteiger partial charge is 0.267 e. The number of rotatable bonds is 5. The molecule has 4 nitrogen and oxygen atoms in total. The predicted molar refractivity (Wildman–Crippen MR) is 97.7 cm³/mol. The van der Waals surface area contributed by atoms with E-state index in [9.17, 15) is 10.1 Å². The summed E-state index contributed by atoms with van der Waals surface area (Å²) in [6.45, 7) is 6.08. The zero-order valence-corrected chi connectivity index (χ0v) is 14.1. The van der Waals surface area contributed by atoms with Crippen molar-refractivity contribution in [3.05, 3.63) is 71.4 Å². The van der Waals surface area contributed by atoms with E-state index >= 15 is 0 Å². The minimum atomic E-state index is -0.424. The summed E-state index contributed by atoms with van der Waals surface area (Å²) in [4.78, 5) is 12.4. The Bertz CT molecular complexity index is 801. The molecule has 2 N–H and O–H groups in total. The van der Waals surface area contributed by atoms with Crippen molar-refractivity contribution in [1.82, 2.24) is 0 Å². The molecule has 0 saturated carbocycles. The van der Waals surface area contributed by atoms with Crippen LogP contribution in [0.15, 0.2) is 60.3 Å². The molecular formula is C20H21N3O. The first-order valence-electron chi connectivity index (χ1n) is 7.85. The molecule has 0 saturated heterocycles. The average molecular weight is 319 g/mol. The first-order valence-corrected chi connectivity index (χ1v) is 7.85. The second-order valence-electron chi connectivity index (χ2n) is 5.83. The van der Waals surface area contributed by atoms with Gasteiger partial charge in [-0.05, 0) is 36.1 Å². The molecule has 0 aliphatic heterocycles. The van der Waals surface area contributed by atoms with Crippen LogP contribution in [-0.4, -0.2) is 5.91 Å². The van der Waals surface area contributed by atoms with Gasteiger partial charge in [-0.15, -0.1) is 0 Å². The van der Waals surface area contributed by atoms with Crippen LogP contribution in [0.4, 0.5) is 11.4 Å². The van der Waals surface area contributed by atoms with Gasteiger partial charge in [-0.1, -0.05) is 50.2 Å². The van der Waals surface area contributed by atoms with Crippen molar-refractivity contribution in [3.8, 4) is 6.07 Å². The Morgan fingerprint density at radius 1 is 1.08 bits per heavy atom. The van der Waals surface area contributed by atoms with E-state index in [0.29, 0.717) is 0 Å². The van der Waals surface area contributed by atoms with Crippen molar-refractivity contribution >= 4 is 17.3 Å². The molecule has 24 heavy (non-hydrogen) atoms. The van der Waals surface area contributed by atoms with Crippen LogP contribution < -0.4 is 10.6 Å². The molecule has 2 rings (SSSR count). The first kappa shape index (κ1) is 17.3. The molecule has 1 amide bonds. The normalized spacial score (nSPS) is 11.0. The molecule has 2 aromatic rings. The summed E-state index contributed by atoms with van der Waals surface area (Å²) in [6, 6.07) is 17.3. The molecule has 122 valence electrons. The number of anilines is 2. The summed E-state index contributed by atoms with van der Waals surface area (Å²) in [7, 11) is 0. The molecule has 0 bridgehead atoms. The van der Waals surface area contributed by atoms with Crippen molar-refractivity contribution in [2.75, 3.05) is 10.6 Å². The van der Waals surface area contributed by atoms with Crippen molar-refractivity contribution in [2.24, 2.45) is 0 Å². The van der Waals surface area contributed by atoms with Gasteiger partial charge < -0.3 is 10.6 Å². The fourth-order valence-corrected chi connectivity index (χ4v) is 2.34. The Kier molecular flexibility index (Phi) is 5.75. The number of aryl methyl sites for hydroxylation is 1. The van der Waals surface area contributed by atoms with Crippen LogP contribution in [0, 0.1) is 18.3 Å². The molecule has 0 spiro atoms. The molecule has 0 heterocycles. The molecule has 0 aliphatic rings. The van der Waals surface area contributed by atoms with Gasteiger partial charge in [0.2, 0.25) is 0 Å². The lowest BCUT2D eigenvalue weighted by Crippen LogP contribution is -2.16. The number of hydrogen-bond acceptors (Lipinski definition) is 3. The van der Waals surface area contributed by atoms with E-state index in [-0.39, 0.29) is 11.5 Å². The van der Waals surface area contributed by atoms with Crippen LogP contribution in [0.1, 0.15) is 30.9 Å². The van der Waals surface area contributed by atoms with Gasteiger partial charge in [0.25, 0.3) is 5.91 Å². The minimum absolute atomic E-state index is 0.0248. The van der Waals surface area contributed by atoms with Gasteiger partial charge in [-0.3, -0.25) is 4.79 Å². The summed E-state index contributed by atoms with van der Waals surface area (Å²) >= 11 is 0. The van der Waals surface area contributed by atoms with Gasteiger partial charge in [0.15, 0.2) is 0 Å². The Labute approximate surface area is 142 Å². The number of nitrogens with zero attached hydrogens (tertiary/aromatic N) is 1. The topological polar surface area (TPSA) is 64.9 Å². The van der Waals surface area contributed by atoms with Crippen molar-refractivity contribution in [1.29, 1.82) is 5.26 Å². The highest BCUT2D eigenvalue weighted by Gasteiger charge is 2.13. The Balaban J connectivity index is 2.17. The van der Waals surface area contributed by atoms with E-state index in [1.54, 1.807) is 0 Å². The van der Waals surface area contributed by atoms with E-state index in [2.05, 4.69) is 24.5 Å². The maximum Gasteiger partial charge on any atom is 0.267 e. The van der Waals surface area contributed by atoms with Gasteiger partial charge in [-0.25, -0.2) is 0 Å². The number of carbonyl (C=O) groups excluding carboxylic acids is 1. The third kappa shape index (κ3) is 4.23. The number of nitrogens with one attached hydrogen (secondary N) is 2. The molecule has 4 heteroatoms. The molecule has 2 aromatic carbocycles. The standard InChI is InChI=1S/C20H21N3O/c1-14(2)17-9-5-7-11-19(17)23-20(24)16(12-21)13-22-18-10-6-4-8-15(18)3/h4-11,13-14,22H,1-3H3,(H,23,24)/b16-13-. The molecule has 0 aliphatic carbocycles. The lowest BCUT2D eigenvalue weighted by Gasteiger charge is -2.13. The second-order valence-corrected chi connectivity index (χ2v) is 5.83. The zero-order valence-electron chi connectivity index (χ0n) is 14.1. The van der Waals surface area contributed by atoms with E-state index in [1.807, 2.05) is 61.5 Å². The number of hydrogen-bond donors (Lipinski definition) is 2. The van der Waals surface area contributed by atoms with E-state index in [4.69, 9.17) is 0 Å². The molecule has 0 radical (unpaired) electrons. The molecule has 0 atom stereocenters. The maximum absolute atomic E-state index is 12.4. The van der Waals surface area contributed by atoms with Crippen LogP contribution in [-0.2, 0) is 4.79 Å². The molecule has 0 fully saturated rings. The molecule has 0 unspecified atom stereocenters. The van der Waals surface area contributed by atoms with Crippen LogP contribution in [0.5, 0.6) is 0 Å². The number of amides is 1. The quantitative estimate of drug-likeness (QED) is 0.626. The second kappa shape index (κ2) is 7.98. The summed E-state index contributed by atoms with van der Waals surface area (Å²) in [5.41, 5.74) is 3.69. The summed E-state index contributed by atoms with van der Waals surface area (Å²) in [6.07, 6.45) is 1.44. The van der Waals surface area contributed by atoms with Gasteiger partial charge in [0, 0.05) is 17.6 Å². The number of benzene rings is 2. The van der Waals surface area contributed by atoms with E-state index < -0.39 is 5.91 Å².